The van der Waals surface area contributed by atoms with Crippen LogP contribution in [-0.2, 0) is 0 Å². The van der Waals surface area contributed by atoms with E-state index in [4.69, 9.17) is 0 Å². The molecule has 0 atom stereocenters. The predicted octanol–water partition coefficient (Wildman–Crippen LogP) is 4.70. The molecule has 0 fully saturated rings. The van der Waals surface area contributed by atoms with Crippen LogP contribution in [0.3, 0.4) is 0 Å². The average molecular weight is 239 g/mol. The van der Waals surface area contributed by atoms with E-state index in [2.05, 4.69) is 65.7 Å². The number of benzene rings is 2. The Hall–Kier alpha value is -1.76. The van der Waals surface area contributed by atoms with E-state index < -0.39 is 0 Å². The molecule has 0 aliphatic heterocycles. The van der Waals surface area contributed by atoms with Crippen molar-refractivity contribution in [3.8, 4) is 11.1 Å². The van der Waals surface area contributed by atoms with Gasteiger partial charge < -0.3 is 0 Å². The Balaban J connectivity index is 2.44. The summed E-state index contributed by atoms with van der Waals surface area (Å²) in [5, 5.41) is 2.40. The number of nitrogens with zero attached hydrogens (tertiary/aromatic N) is 1. The summed E-state index contributed by atoms with van der Waals surface area (Å²) in [6.07, 6.45) is 0. The number of isothiocyanates is 1. The molecule has 0 aliphatic rings. The van der Waals surface area contributed by atoms with Gasteiger partial charge in [-0.05, 0) is 54.9 Å². The Morgan fingerprint density at radius 2 is 1.59 bits per heavy atom. The van der Waals surface area contributed by atoms with Crippen LogP contribution >= 0.6 is 12.2 Å². The Bertz CT molecular complexity index is 578. The van der Waals surface area contributed by atoms with E-state index >= 15 is 0 Å². The molecular formula is C15H13NS. The van der Waals surface area contributed by atoms with E-state index in [1.807, 2.05) is 13.0 Å². The molecule has 84 valence electrons. The third-order valence-corrected chi connectivity index (χ3v) is 2.84. The van der Waals surface area contributed by atoms with Crippen molar-refractivity contribution in [2.24, 2.45) is 4.99 Å². The maximum absolute atomic E-state index is 4.62. The first kappa shape index (κ1) is 11.7. The number of hydrogen-bond donors (Lipinski definition) is 0. The summed E-state index contributed by atoms with van der Waals surface area (Å²) in [7, 11) is 0. The summed E-state index contributed by atoms with van der Waals surface area (Å²) < 4.78 is 0. The van der Waals surface area contributed by atoms with Gasteiger partial charge in [-0.1, -0.05) is 35.9 Å². The average Bonchev–Trinajstić information content (AvgIpc) is 2.33. The first-order valence-electron chi connectivity index (χ1n) is 5.46. The minimum Gasteiger partial charge on any atom is -0.194 e. The van der Waals surface area contributed by atoms with Crippen LogP contribution in [0, 0.1) is 13.8 Å². The Morgan fingerprint density at radius 1 is 0.941 bits per heavy atom. The molecule has 0 heterocycles. The van der Waals surface area contributed by atoms with Crippen LogP contribution in [0.5, 0.6) is 0 Å². The molecule has 0 saturated heterocycles. The number of aryl methyl sites for hydroxylation is 2. The van der Waals surface area contributed by atoms with Crippen LogP contribution in [0.2, 0.25) is 0 Å². The Labute approximate surface area is 107 Å². The molecule has 1 nitrogen and oxygen atoms in total. The van der Waals surface area contributed by atoms with Crippen molar-refractivity contribution in [1.29, 1.82) is 0 Å². The van der Waals surface area contributed by atoms with Crippen molar-refractivity contribution < 1.29 is 0 Å². The van der Waals surface area contributed by atoms with Gasteiger partial charge in [0.05, 0.1) is 10.8 Å². The Morgan fingerprint density at radius 3 is 2.18 bits per heavy atom. The highest BCUT2D eigenvalue weighted by Gasteiger charge is 2.01. The van der Waals surface area contributed by atoms with Gasteiger partial charge in [-0.25, -0.2) is 0 Å². The summed E-state index contributed by atoms with van der Waals surface area (Å²) in [5.41, 5.74) is 5.69. The lowest BCUT2D eigenvalue weighted by Gasteiger charge is -2.05. The number of thiocarbonyl (C=S) groups is 1. The van der Waals surface area contributed by atoms with Crippen LogP contribution in [0.4, 0.5) is 5.69 Å². The van der Waals surface area contributed by atoms with Crippen molar-refractivity contribution in [2.75, 3.05) is 0 Å². The van der Waals surface area contributed by atoms with Crippen LogP contribution in [-0.4, -0.2) is 5.16 Å². The van der Waals surface area contributed by atoms with Crippen molar-refractivity contribution in [1.82, 2.24) is 0 Å². The van der Waals surface area contributed by atoms with Crippen molar-refractivity contribution in [2.45, 2.75) is 13.8 Å². The smallest absolute Gasteiger partial charge is 0.0769 e. The molecule has 2 heteroatoms. The third-order valence-electron chi connectivity index (χ3n) is 2.75. The second-order valence-electron chi connectivity index (χ2n) is 4.07. The standard InChI is InChI=1S/C15H13NS/c1-11-3-5-13(6-4-11)14-7-8-15(16-10-17)12(2)9-14/h3-9H,1-2H3. The highest BCUT2D eigenvalue weighted by atomic mass is 32.1. The summed E-state index contributed by atoms with van der Waals surface area (Å²) >= 11 is 4.62. The minimum atomic E-state index is 0.885. The van der Waals surface area contributed by atoms with Crippen LogP contribution < -0.4 is 0 Å². The van der Waals surface area contributed by atoms with Gasteiger partial charge in [-0.2, -0.15) is 4.99 Å². The van der Waals surface area contributed by atoms with E-state index in [0.29, 0.717) is 0 Å². The third kappa shape index (κ3) is 2.68. The first-order valence-corrected chi connectivity index (χ1v) is 5.87. The topological polar surface area (TPSA) is 12.4 Å². The second kappa shape index (κ2) is 5.05. The van der Waals surface area contributed by atoms with Crippen molar-refractivity contribution >= 4 is 23.1 Å². The zero-order valence-corrected chi connectivity index (χ0v) is 10.7. The zero-order valence-electron chi connectivity index (χ0n) is 9.90. The SMILES string of the molecule is Cc1ccc(-c2ccc(N=C=S)c(C)c2)cc1. The molecule has 0 bridgehead atoms. The molecular weight excluding hydrogens is 226 g/mol. The van der Waals surface area contributed by atoms with Gasteiger partial charge in [0.1, 0.15) is 0 Å². The van der Waals surface area contributed by atoms with Crippen molar-refractivity contribution in [3.63, 3.8) is 0 Å². The maximum Gasteiger partial charge on any atom is 0.0769 e. The highest BCUT2D eigenvalue weighted by Crippen LogP contribution is 2.26. The van der Waals surface area contributed by atoms with E-state index in [1.165, 1.54) is 16.7 Å². The molecule has 0 N–H and O–H groups in total. The lowest BCUT2D eigenvalue weighted by atomic mass is 10.0. The second-order valence-corrected chi connectivity index (χ2v) is 4.25. The summed E-state index contributed by atoms with van der Waals surface area (Å²) in [6.45, 7) is 4.12. The molecule has 0 unspecified atom stereocenters. The van der Waals surface area contributed by atoms with Crippen molar-refractivity contribution in [3.05, 3.63) is 53.6 Å². The number of aliphatic imine (C=N–C) groups is 1. The fourth-order valence-electron chi connectivity index (χ4n) is 1.76. The van der Waals surface area contributed by atoms with E-state index in [0.717, 1.165) is 11.3 Å². The van der Waals surface area contributed by atoms with Gasteiger partial charge in [-0.3, -0.25) is 0 Å². The zero-order chi connectivity index (χ0) is 12.3. The molecule has 2 aromatic rings. The maximum atomic E-state index is 4.62. The molecule has 0 amide bonds. The molecule has 17 heavy (non-hydrogen) atoms. The van der Waals surface area contributed by atoms with Gasteiger partial charge >= 0.3 is 0 Å². The van der Waals surface area contributed by atoms with Gasteiger partial charge in [-0.15, -0.1) is 0 Å². The van der Waals surface area contributed by atoms with Gasteiger partial charge in [0.15, 0.2) is 0 Å². The largest absolute Gasteiger partial charge is 0.194 e. The molecule has 2 rings (SSSR count). The van der Waals surface area contributed by atoms with Crippen LogP contribution in [0.15, 0.2) is 47.5 Å². The van der Waals surface area contributed by atoms with Gasteiger partial charge in [0.25, 0.3) is 0 Å². The van der Waals surface area contributed by atoms with Gasteiger partial charge in [0.2, 0.25) is 0 Å². The van der Waals surface area contributed by atoms with E-state index in [-0.39, 0.29) is 0 Å². The summed E-state index contributed by atoms with van der Waals surface area (Å²) in [6, 6.07) is 14.7. The minimum absolute atomic E-state index is 0.885. The molecule has 0 saturated carbocycles. The fraction of sp³-hybridized carbons (Fsp3) is 0.133. The molecule has 0 radical (unpaired) electrons. The first-order chi connectivity index (χ1) is 8.20. The molecule has 2 aromatic carbocycles. The van der Waals surface area contributed by atoms with Crippen LogP contribution in [0.1, 0.15) is 11.1 Å². The summed E-state index contributed by atoms with van der Waals surface area (Å²) in [5.74, 6) is 0. The predicted molar refractivity (Wildman–Crippen MR) is 76.0 cm³/mol. The molecule has 0 aromatic heterocycles. The Kier molecular flexibility index (Phi) is 3.48. The lowest BCUT2D eigenvalue weighted by Crippen LogP contribution is -1.81. The molecule has 0 spiro atoms. The normalized spacial score (nSPS) is 9.76. The molecule has 0 aliphatic carbocycles. The highest BCUT2D eigenvalue weighted by molar-refractivity contribution is 7.78. The van der Waals surface area contributed by atoms with E-state index in [9.17, 15) is 0 Å². The van der Waals surface area contributed by atoms with E-state index in [1.54, 1.807) is 0 Å². The number of rotatable bonds is 2. The monoisotopic (exact) mass is 239 g/mol. The van der Waals surface area contributed by atoms with Crippen LogP contribution in [0.25, 0.3) is 11.1 Å². The number of hydrogen-bond acceptors (Lipinski definition) is 2. The van der Waals surface area contributed by atoms with Gasteiger partial charge in [0, 0.05) is 0 Å². The lowest BCUT2D eigenvalue weighted by molar-refractivity contribution is 1.40. The quantitative estimate of drug-likeness (QED) is 0.546. The fourth-order valence-corrected chi connectivity index (χ4v) is 1.85. The summed E-state index contributed by atoms with van der Waals surface area (Å²) in [4.78, 5) is 4.02.